The average Bonchev–Trinajstić information content (AvgIpc) is 2.59. The van der Waals surface area contributed by atoms with Crippen molar-refractivity contribution in [1.82, 2.24) is 20.2 Å². The summed E-state index contributed by atoms with van der Waals surface area (Å²) in [6.45, 7) is 2.94. The predicted octanol–water partition coefficient (Wildman–Crippen LogP) is 0.932. The number of carbonyl (C=O) groups is 2. The maximum atomic E-state index is 12.6. The maximum Gasteiger partial charge on any atom is 0.274 e. The molecule has 0 radical (unpaired) electrons. The molecule has 1 atom stereocenters. The maximum absolute atomic E-state index is 12.6. The van der Waals surface area contributed by atoms with Crippen LogP contribution in [-0.2, 0) is 9.53 Å². The van der Waals surface area contributed by atoms with Gasteiger partial charge in [-0.05, 0) is 26.2 Å². The molecule has 0 spiro atoms. The summed E-state index contributed by atoms with van der Waals surface area (Å²) >= 11 is 0. The fraction of sp³-hybridized carbons (Fsp3) is 0.625. The molecule has 1 fully saturated rings. The molecule has 7 heteroatoms. The Kier molecular flexibility index (Phi) is 5.65. The summed E-state index contributed by atoms with van der Waals surface area (Å²) in [6.07, 6.45) is 5.76. The number of rotatable bonds is 5. The van der Waals surface area contributed by atoms with Crippen LogP contribution in [0.2, 0.25) is 0 Å². The van der Waals surface area contributed by atoms with E-state index in [2.05, 4.69) is 15.3 Å². The standard InChI is InChI=1S/C16H24N4O3/c1-12-9-18-10-13(19-12)15(22)20-8-4-6-16(11-20,23-3)7-5-14(21)17-2/h9-10H,4-8,11H2,1-3H3,(H,17,21)/t16-/m0/s1. The average molecular weight is 320 g/mol. The third-order valence-electron chi connectivity index (χ3n) is 4.32. The van der Waals surface area contributed by atoms with Crippen LogP contribution in [-0.4, -0.2) is 59.5 Å². The van der Waals surface area contributed by atoms with Gasteiger partial charge < -0.3 is 15.0 Å². The van der Waals surface area contributed by atoms with Gasteiger partial charge in [-0.15, -0.1) is 0 Å². The molecule has 126 valence electrons. The Morgan fingerprint density at radius 3 is 2.87 bits per heavy atom. The monoisotopic (exact) mass is 320 g/mol. The van der Waals surface area contributed by atoms with Crippen molar-refractivity contribution in [3.8, 4) is 0 Å². The van der Waals surface area contributed by atoms with Crippen LogP contribution in [0.5, 0.6) is 0 Å². The van der Waals surface area contributed by atoms with Gasteiger partial charge in [-0.3, -0.25) is 14.6 Å². The van der Waals surface area contributed by atoms with Crippen molar-refractivity contribution in [3.05, 3.63) is 23.8 Å². The lowest BCUT2D eigenvalue weighted by Crippen LogP contribution is -2.52. The zero-order chi connectivity index (χ0) is 16.9. The third-order valence-corrected chi connectivity index (χ3v) is 4.32. The van der Waals surface area contributed by atoms with E-state index < -0.39 is 5.60 Å². The van der Waals surface area contributed by atoms with E-state index in [1.165, 1.54) is 6.20 Å². The number of nitrogens with one attached hydrogen (secondary N) is 1. The summed E-state index contributed by atoms with van der Waals surface area (Å²) in [4.78, 5) is 34.2. The molecule has 1 aromatic rings. The molecule has 1 saturated heterocycles. The van der Waals surface area contributed by atoms with Gasteiger partial charge in [0.25, 0.3) is 5.91 Å². The van der Waals surface area contributed by atoms with Gasteiger partial charge in [-0.2, -0.15) is 0 Å². The number of hydrogen-bond acceptors (Lipinski definition) is 5. The minimum Gasteiger partial charge on any atom is -0.376 e. The van der Waals surface area contributed by atoms with Crippen molar-refractivity contribution < 1.29 is 14.3 Å². The molecule has 2 rings (SSSR count). The second-order valence-corrected chi connectivity index (χ2v) is 5.94. The molecule has 0 aromatic carbocycles. The Morgan fingerprint density at radius 1 is 1.43 bits per heavy atom. The summed E-state index contributed by atoms with van der Waals surface area (Å²) in [5.41, 5.74) is 0.589. The third kappa shape index (κ3) is 4.25. The van der Waals surface area contributed by atoms with Crippen LogP contribution >= 0.6 is 0 Å². The molecule has 1 N–H and O–H groups in total. The summed E-state index contributed by atoms with van der Waals surface area (Å²) in [5, 5.41) is 2.62. The number of hydrogen-bond donors (Lipinski definition) is 1. The first-order valence-electron chi connectivity index (χ1n) is 7.83. The molecule has 7 nitrogen and oxygen atoms in total. The second-order valence-electron chi connectivity index (χ2n) is 5.94. The summed E-state index contributed by atoms with van der Waals surface area (Å²) in [7, 11) is 3.26. The molecule has 0 aliphatic carbocycles. The highest BCUT2D eigenvalue weighted by molar-refractivity contribution is 5.92. The quantitative estimate of drug-likeness (QED) is 0.872. The van der Waals surface area contributed by atoms with E-state index in [0.717, 1.165) is 12.8 Å². The first-order valence-corrected chi connectivity index (χ1v) is 7.83. The molecule has 2 heterocycles. The Balaban J connectivity index is 2.09. The molecule has 1 aromatic heterocycles. The van der Waals surface area contributed by atoms with E-state index in [0.29, 0.717) is 37.3 Å². The second kappa shape index (κ2) is 7.50. The number of piperidine rings is 1. The van der Waals surface area contributed by atoms with Crippen molar-refractivity contribution in [3.63, 3.8) is 0 Å². The molecular formula is C16H24N4O3. The highest BCUT2D eigenvalue weighted by Gasteiger charge is 2.38. The van der Waals surface area contributed by atoms with Gasteiger partial charge >= 0.3 is 0 Å². The number of carbonyl (C=O) groups excluding carboxylic acids is 2. The van der Waals surface area contributed by atoms with E-state index in [4.69, 9.17) is 4.74 Å². The molecule has 0 saturated carbocycles. The van der Waals surface area contributed by atoms with Gasteiger partial charge in [0.05, 0.1) is 24.0 Å². The number of likely N-dealkylation sites (tertiary alicyclic amines) is 1. The highest BCUT2D eigenvalue weighted by Crippen LogP contribution is 2.29. The first kappa shape index (κ1) is 17.3. The molecular weight excluding hydrogens is 296 g/mol. The van der Waals surface area contributed by atoms with E-state index in [1.54, 1.807) is 25.3 Å². The minimum absolute atomic E-state index is 0.0191. The van der Waals surface area contributed by atoms with Crippen molar-refractivity contribution in [2.45, 2.75) is 38.2 Å². The lowest BCUT2D eigenvalue weighted by atomic mass is 9.87. The van der Waals surface area contributed by atoms with E-state index in [1.807, 2.05) is 6.92 Å². The van der Waals surface area contributed by atoms with E-state index in [-0.39, 0.29) is 11.8 Å². The Bertz CT molecular complexity index is 578. The van der Waals surface area contributed by atoms with Gasteiger partial charge in [0.1, 0.15) is 5.69 Å². The van der Waals surface area contributed by atoms with Gasteiger partial charge in [-0.25, -0.2) is 4.98 Å². The van der Waals surface area contributed by atoms with Crippen molar-refractivity contribution in [2.24, 2.45) is 0 Å². The number of aromatic nitrogens is 2. The van der Waals surface area contributed by atoms with Crippen LogP contribution < -0.4 is 5.32 Å². The lowest BCUT2D eigenvalue weighted by molar-refractivity contribution is -0.123. The topological polar surface area (TPSA) is 84.4 Å². The molecule has 0 bridgehead atoms. The van der Waals surface area contributed by atoms with Crippen LogP contribution in [0.25, 0.3) is 0 Å². The van der Waals surface area contributed by atoms with Gasteiger partial charge in [0, 0.05) is 33.3 Å². The molecule has 23 heavy (non-hydrogen) atoms. The molecule has 0 unspecified atom stereocenters. The first-order chi connectivity index (χ1) is 11.0. The Morgan fingerprint density at radius 2 is 2.22 bits per heavy atom. The van der Waals surface area contributed by atoms with Crippen LogP contribution in [0.4, 0.5) is 0 Å². The summed E-state index contributed by atoms with van der Waals surface area (Å²) in [5.74, 6) is -0.156. The van der Waals surface area contributed by atoms with E-state index in [9.17, 15) is 9.59 Å². The zero-order valence-electron chi connectivity index (χ0n) is 14.0. The normalized spacial score (nSPS) is 21.1. The number of methoxy groups -OCH3 is 1. The highest BCUT2D eigenvalue weighted by atomic mass is 16.5. The fourth-order valence-corrected chi connectivity index (χ4v) is 2.94. The number of ether oxygens (including phenoxy) is 1. The van der Waals surface area contributed by atoms with Crippen molar-refractivity contribution in [2.75, 3.05) is 27.2 Å². The predicted molar refractivity (Wildman–Crippen MR) is 84.9 cm³/mol. The van der Waals surface area contributed by atoms with E-state index >= 15 is 0 Å². The summed E-state index contributed by atoms with van der Waals surface area (Å²) in [6, 6.07) is 0. The molecule has 1 aliphatic heterocycles. The van der Waals surface area contributed by atoms with Crippen LogP contribution in [0.1, 0.15) is 41.9 Å². The van der Waals surface area contributed by atoms with Crippen LogP contribution in [0.3, 0.4) is 0 Å². The van der Waals surface area contributed by atoms with Crippen LogP contribution in [0.15, 0.2) is 12.4 Å². The Labute approximate surface area is 136 Å². The number of nitrogens with zero attached hydrogens (tertiary/aromatic N) is 3. The van der Waals surface area contributed by atoms with Gasteiger partial charge in [0.2, 0.25) is 5.91 Å². The van der Waals surface area contributed by atoms with Gasteiger partial charge in [-0.1, -0.05) is 0 Å². The fourth-order valence-electron chi connectivity index (χ4n) is 2.94. The largest absolute Gasteiger partial charge is 0.376 e. The van der Waals surface area contributed by atoms with Gasteiger partial charge in [0.15, 0.2) is 0 Å². The Hall–Kier alpha value is -2.02. The SMILES string of the molecule is CNC(=O)CC[C@@]1(OC)CCCN(C(=O)c2cncc(C)n2)C1. The zero-order valence-corrected chi connectivity index (χ0v) is 14.0. The van der Waals surface area contributed by atoms with Crippen LogP contribution in [0, 0.1) is 6.92 Å². The van der Waals surface area contributed by atoms with Crippen molar-refractivity contribution >= 4 is 11.8 Å². The lowest BCUT2D eigenvalue weighted by Gasteiger charge is -2.41. The molecule has 2 amide bonds. The number of amides is 2. The molecule has 1 aliphatic rings. The summed E-state index contributed by atoms with van der Waals surface area (Å²) < 4.78 is 5.70. The van der Waals surface area contributed by atoms with Crippen molar-refractivity contribution in [1.29, 1.82) is 0 Å². The minimum atomic E-state index is -0.475. The number of aryl methyl sites for hydroxylation is 1. The smallest absolute Gasteiger partial charge is 0.274 e.